The van der Waals surface area contributed by atoms with Crippen LogP contribution in [0.4, 0.5) is 0 Å². The second kappa shape index (κ2) is 13.7. The maximum absolute atomic E-state index is 14.2. The summed E-state index contributed by atoms with van der Waals surface area (Å²) in [5.74, 6) is 0. The highest BCUT2D eigenvalue weighted by Crippen LogP contribution is 2.36. The van der Waals surface area contributed by atoms with Gasteiger partial charge in [-0.3, -0.25) is 0 Å². The molecule has 2 fully saturated rings. The molecule has 16 heteroatoms. The topological polar surface area (TPSA) is 150 Å². The van der Waals surface area contributed by atoms with Gasteiger partial charge in [-0.25, -0.2) is 33.7 Å². The van der Waals surface area contributed by atoms with Gasteiger partial charge < -0.3 is 0 Å². The summed E-state index contributed by atoms with van der Waals surface area (Å²) in [5, 5.41) is 0. The fraction of sp³-hybridized carbons (Fsp3) is 0.273. The van der Waals surface area contributed by atoms with E-state index in [9.17, 15) is 33.7 Å². The van der Waals surface area contributed by atoms with Crippen LogP contribution in [0.1, 0.15) is 0 Å². The van der Waals surface area contributed by atoms with Gasteiger partial charge >= 0.3 is 0 Å². The van der Waals surface area contributed by atoms with E-state index in [0.717, 1.165) is 17.2 Å². The zero-order chi connectivity index (χ0) is 34.9. The molecule has 0 unspecified atom stereocenters. The number of hydrogen-bond acceptors (Lipinski definition) is 8. The van der Waals surface area contributed by atoms with E-state index < -0.39 is 45.5 Å². The first-order chi connectivity index (χ1) is 23.3. The van der Waals surface area contributed by atoms with Crippen LogP contribution >= 0.6 is 0 Å². The van der Waals surface area contributed by atoms with Crippen LogP contribution in [0.25, 0.3) is 0 Å². The Hall–Kier alpha value is -3.48. The molecule has 12 nitrogen and oxygen atoms in total. The molecule has 2 heterocycles. The molecule has 0 N–H and O–H groups in total. The van der Waals surface area contributed by atoms with E-state index in [-0.39, 0.29) is 71.9 Å². The minimum atomic E-state index is -4.24. The third kappa shape index (κ3) is 7.09. The summed E-state index contributed by atoms with van der Waals surface area (Å²) in [6.07, 6.45) is 0. The molecule has 2 aliphatic rings. The lowest BCUT2D eigenvalue weighted by Gasteiger charge is -2.40. The van der Waals surface area contributed by atoms with Gasteiger partial charge in [0.25, 0.3) is 0 Å². The minimum absolute atomic E-state index is 0.0272. The largest absolute Gasteiger partial charge is 0.243 e. The van der Waals surface area contributed by atoms with Gasteiger partial charge in [-0.05, 0) is 48.5 Å². The first-order valence-electron chi connectivity index (χ1n) is 15.5. The van der Waals surface area contributed by atoms with Crippen LogP contribution in [0, 0.1) is 5.41 Å². The Bertz CT molecular complexity index is 1890. The van der Waals surface area contributed by atoms with E-state index in [1.807, 2.05) is 0 Å². The second-order valence-corrected chi connectivity index (χ2v) is 19.9. The van der Waals surface area contributed by atoms with Crippen LogP contribution in [0.5, 0.6) is 0 Å². The summed E-state index contributed by atoms with van der Waals surface area (Å²) in [6, 6.07) is 30.7. The molecule has 0 bridgehead atoms. The zero-order valence-electron chi connectivity index (χ0n) is 26.4. The molecule has 2 saturated heterocycles. The van der Waals surface area contributed by atoms with Crippen molar-refractivity contribution in [2.24, 2.45) is 5.41 Å². The molecule has 0 saturated carbocycles. The fourth-order valence-corrected chi connectivity index (χ4v) is 12.6. The number of hydrogen-bond donors (Lipinski definition) is 0. The van der Waals surface area contributed by atoms with Crippen LogP contribution < -0.4 is 0 Å². The maximum atomic E-state index is 14.2. The number of nitrogens with zero attached hydrogens (tertiary/aromatic N) is 4. The fourth-order valence-electron chi connectivity index (χ4n) is 6.35. The normalized spacial score (nSPS) is 19.3. The van der Waals surface area contributed by atoms with Crippen molar-refractivity contribution < 1.29 is 33.7 Å². The van der Waals surface area contributed by atoms with Crippen molar-refractivity contribution in [3.05, 3.63) is 121 Å². The average Bonchev–Trinajstić information content (AvgIpc) is 3.45. The average molecular weight is 745 g/mol. The Morgan fingerprint density at radius 1 is 0.327 bits per heavy atom. The smallest absolute Gasteiger partial charge is 0.207 e. The Labute approximate surface area is 288 Å². The quantitative estimate of drug-likeness (QED) is 0.268. The van der Waals surface area contributed by atoms with Gasteiger partial charge in [0.05, 0.1) is 19.6 Å². The van der Waals surface area contributed by atoms with Crippen LogP contribution in [-0.2, 0) is 40.1 Å². The molecule has 0 radical (unpaired) electrons. The van der Waals surface area contributed by atoms with Gasteiger partial charge in [0, 0.05) is 57.8 Å². The molecular weight excluding hydrogens is 709 g/mol. The molecule has 4 aromatic rings. The van der Waals surface area contributed by atoms with Crippen molar-refractivity contribution in [3.8, 4) is 0 Å². The molecule has 0 aliphatic carbocycles. The van der Waals surface area contributed by atoms with Crippen LogP contribution in [0.2, 0.25) is 0 Å². The van der Waals surface area contributed by atoms with Crippen molar-refractivity contribution in [1.29, 1.82) is 0 Å². The van der Waals surface area contributed by atoms with E-state index in [4.69, 9.17) is 0 Å². The van der Waals surface area contributed by atoms with Crippen molar-refractivity contribution in [2.45, 2.75) is 19.6 Å². The van der Waals surface area contributed by atoms with Crippen molar-refractivity contribution >= 4 is 40.1 Å². The molecule has 260 valence electrons. The number of benzene rings is 4. The Morgan fingerprint density at radius 2 is 0.510 bits per heavy atom. The summed E-state index contributed by atoms with van der Waals surface area (Å²) in [7, 11) is -17.0. The molecule has 0 atom stereocenters. The molecule has 4 aromatic carbocycles. The van der Waals surface area contributed by atoms with Crippen molar-refractivity contribution in [2.75, 3.05) is 52.4 Å². The highest BCUT2D eigenvalue weighted by atomic mass is 32.2. The minimum Gasteiger partial charge on any atom is -0.207 e. The molecule has 0 amide bonds. The number of sulfonamides is 4. The SMILES string of the molecule is O=S(=O)(c1ccccc1)N1CCN(S(=O)(=O)c2ccccc2)CC2(C1)CN(S(=O)(=O)c1ccccc1)CCN(S(=O)(=O)c1ccccc1)C2. The predicted octanol–water partition coefficient (Wildman–Crippen LogP) is 2.76. The van der Waals surface area contributed by atoms with Crippen LogP contribution in [0.15, 0.2) is 141 Å². The lowest BCUT2D eigenvalue weighted by Crippen LogP contribution is -2.54. The summed E-state index contributed by atoms with van der Waals surface area (Å²) < 4.78 is 118. The van der Waals surface area contributed by atoms with Gasteiger partial charge in [0.15, 0.2) is 0 Å². The second-order valence-electron chi connectivity index (χ2n) is 12.1. The summed E-state index contributed by atoms with van der Waals surface area (Å²) >= 11 is 0. The molecule has 2 aliphatic heterocycles. The standard InChI is InChI=1S/C33H36N4O8S4/c38-46(39,29-13-5-1-6-14-29)34-21-22-35(47(40,41)30-15-7-2-8-16-30)26-33(25-34)27-36(48(42,43)31-17-9-3-10-18-31)23-24-37(28-33)49(44,45)32-19-11-4-12-20-32/h1-20H,21-28H2. The summed E-state index contributed by atoms with van der Waals surface area (Å²) in [6.45, 7) is -2.41. The van der Waals surface area contributed by atoms with E-state index in [0.29, 0.717) is 0 Å². The van der Waals surface area contributed by atoms with E-state index in [2.05, 4.69) is 0 Å². The highest BCUT2D eigenvalue weighted by molar-refractivity contribution is 7.90. The van der Waals surface area contributed by atoms with Gasteiger partial charge in [-0.2, -0.15) is 17.2 Å². The van der Waals surface area contributed by atoms with Gasteiger partial charge in [-0.1, -0.05) is 72.8 Å². The van der Waals surface area contributed by atoms with Crippen LogP contribution in [-0.4, -0.2) is 103 Å². The van der Waals surface area contributed by atoms with Gasteiger partial charge in [-0.15, -0.1) is 0 Å². The molecule has 49 heavy (non-hydrogen) atoms. The third-order valence-corrected chi connectivity index (χ3v) is 16.2. The lowest BCUT2D eigenvalue weighted by molar-refractivity contribution is 0.163. The lowest BCUT2D eigenvalue weighted by atomic mass is 9.88. The highest BCUT2D eigenvalue weighted by Gasteiger charge is 2.50. The van der Waals surface area contributed by atoms with E-state index in [1.165, 1.54) is 48.5 Å². The molecule has 1 spiro atoms. The van der Waals surface area contributed by atoms with Gasteiger partial charge in [0.1, 0.15) is 0 Å². The Morgan fingerprint density at radius 3 is 0.694 bits per heavy atom. The molecule has 6 rings (SSSR count). The third-order valence-electron chi connectivity index (χ3n) is 8.77. The summed E-state index contributed by atoms with van der Waals surface area (Å²) in [4.78, 5) is -0.109. The zero-order valence-corrected chi connectivity index (χ0v) is 29.7. The monoisotopic (exact) mass is 744 g/mol. The first kappa shape index (κ1) is 35.3. The predicted molar refractivity (Wildman–Crippen MR) is 183 cm³/mol. The maximum Gasteiger partial charge on any atom is 0.243 e. The Balaban J connectivity index is 1.53. The van der Waals surface area contributed by atoms with Crippen molar-refractivity contribution in [3.63, 3.8) is 0 Å². The molecular formula is C33H36N4O8S4. The Kier molecular flexibility index (Phi) is 9.87. The van der Waals surface area contributed by atoms with Crippen LogP contribution in [0.3, 0.4) is 0 Å². The van der Waals surface area contributed by atoms with E-state index in [1.54, 1.807) is 72.8 Å². The first-order valence-corrected chi connectivity index (χ1v) is 21.2. The summed E-state index contributed by atoms with van der Waals surface area (Å²) in [5.41, 5.74) is -1.56. The van der Waals surface area contributed by atoms with Crippen molar-refractivity contribution in [1.82, 2.24) is 17.2 Å². The molecule has 0 aromatic heterocycles. The van der Waals surface area contributed by atoms with E-state index >= 15 is 0 Å². The van der Waals surface area contributed by atoms with Gasteiger partial charge in [0.2, 0.25) is 40.1 Å². The number of rotatable bonds is 8.